The smallest absolute Gasteiger partial charge is 0.255 e. The van der Waals surface area contributed by atoms with E-state index in [2.05, 4.69) is 10.0 Å². The zero-order valence-electron chi connectivity index (χ0n) is 18.8. The van der Waals surface area contributed by atoms with Crippen LogP contribution in [0.3, 0.4) is 0 Å². The third-order valence-electron chi connectivity index (χ3n) is 7.07. The van der Waals surface area contributed by atoms with Gasteiger partial charge >= 0.3 is 0 Å². The molecule has 7 nitrogen and oxygen atoms in total. The molecule has 0 radical (unpaired) electrons. The fourth-order valence-corrected chi connectivity index (χ4v) is 6.53. The number of hydrogen-bond acceptors (Lipinski definition) is 4. The molecule has 174 valence electrons. The van der Waals surface area contributed by atoms with Gasteiger partial charge in [0, 0.05) is 41.9 Å². The van der Waals surface area contributed by atoms with Gasteiger partial charge in [-0.3, -0.25) is 9.59 Å². The van der Waals surface area contributed by atoms with E-state index in [9.17, 15) is 18.0 Å². The fourth-order valence-electron chi connectivity index (χ4n) is 5.18. The van der Waals surface area contributed by atoms with Crippen LogP contribution in [0.2, 0.25) is 0 Å². The minimum Gasteiger partial charge on any atom is -0.322 e. The largest absolute Gasteiger partial charge is 0.322 e. The van der Waals surface area contributed by atoms with Crippen molar-refractivity contribution < 1.29 is 18.0 Å². The van der Waals surface area contributed by atoms with Crippen molar-refractivity contribution in [3.63, 3.8) is 0 Å². The molecule has 0 saturated heterocycles. The van der Waals surface area contributed by atoms with Crippen LogP contribution in [0.25, 0.3) is 0 Å². The molecular weight excluding hydrogens is 438 g/mol. The first-order valence-corrected chi connectivity index (χ1v) is 13.1. The molecule has 3 aliphatic rings. The Morgan fingerprint density at radius 1 is 1.03 bits per heavy atom. The topological polar surface area (TPSA) is 95.6 Å². The SMILES string of the molecule is CC(=O)N1CC2(CCCCC2)c2cc(C(=O)Nc3cccc(S(=O)(=O)NC4CC4)c3)ccc21. The van der Waals surface area contributed by atoms with Crippen molar-refractivity contribution >= 4 is 33.2 Å². The lowest BCUT2D eigenvalue weighted by Gasteiger charge is -2.34. The van der Waals surface area contributed by atoms with Gasteiger partial charge in [-0.1, -0.05) is 25.3 Å². The molecular formula is C25H29N3O4S. The van der Waals surface area contributed by atoms with Crippen LogP contribution < -0.4 is 14.9 Å². The number of sulfonamides is 1. The minimum absolute atomic E-state index is 0.0151. The third-order valence-corrected chi connectivity index (χ3v) is 8.59. The second-order valence-corrected chi connectivity index (χ2v) is 11.3. The van der Waals surface area contributed by atoms with Crippen LogP contribution in [-0.2, 0) is 20.2 Å². The van der Waals surface area contributed by atoms with Crippen LogP contribution in [0.15, 0.2) is 47.4 Å². The van der Waals surface area contributed by atoms with Gasteiger partial charge in [0.2, 0.25) is 15.9 Å². The van der Waals surface area contributed by atoms with E-state index in [0.717, 1.165) is 49.8 Å². The summed E-state index contributed by atoms with van der Waals surface area (Å²) in [7, 11) is -3.60. The number of nitrogens with one attached hydrogen (secondary N) is 2. The molecule has 2 saturated carbocycles. The van der Waals surface area contributed by atoms with Crippen molar-refractivity contribution in [1.82, 2.24) is 4.72 Å². The van der Waals surface area contributed by atoms with E-state index in [1.165, 1.54) is 18.6 Å². The van der Waals surface area contributed by atoms with Gasteiger partial charge in [0.15, 0.2) is 0 Å². The van der Waals surface area contributed by atoms with Gasteiger partial charge in [-0.15, -0.1) is 0 Å². The number of hydrogen-bond donors (Lipinski definition) is 2. The number of benzene rings is 2. The summed E-state index contributed by atoms with van der Waals surface area (Å²) in [6.07, 6.45) is 7.19. The quantitative estimate of drug-likeness (QED) is 0.696. The molecule has 8 heteroatoms. The molecule has 2 aromatic carbocycles. The first-order valence-electron chi connectivity index (χ1n) is 11.6. The molecule has 2 fully saturated rings. The lowest BCUT2D eigenvalue weighted by molar-refractivity contribution is -0.116. The number of carbonyl (C=O) groups is 2. The summed E-state index contributed by atoms with van der Waals surface area (Å²) in [4.78, 5) is 27.3. The summed E-state index contributed by atoms with van der Waals surface area (Å²) in [5, 5.41) is 2.84. The van der Waals surface area contributed by atoms with Crippen molar-refractivity contribution in [1.29, 1.82) is 0 Å². The zero-order valence-corrected chi connectivity index (χ0v) is 19.6. The van der Waals surface area contributed by atoms with Crippen LogP contribution in [0.1, 0.15) is 67.8 Å². The summed E-state index contributed by atoms with van der Waals surface area (Å²) >= 11 is 0. The van der Waals surface area contributed by atoms with Crippen LogP contribution in [0.4, 0.5) is 11.4 Å². The Labute approximate surface area is 194 Å². The van der Waals surface area contributed by atoms with Gasteiger partial charge in [0.25, 0.3) is 5.91 Å². The Balaban J connectivity index is 1.41. The summed E-state index contributed by atoms with van der Waals surface area (Å²) in [5.74, 6) is -0.275. The summed E-state index contributed by atoms with van der Waals surface area (Å²) < 4.78 is 27.7. The monoisotopic (exact) mass is 467 g/mol. The number of nitrogens with zero attached hydrogens (tertiary/aromatic N) is 1. The molecule has 2 amide bonds. The normalized spacial score (nSPS) is 19.4. The standard InChI is InChI=1S/C25H29N3O4S/c1-17(29)28-16-25(12-3-2-4-13-25)22-14-18(8-11-23(22)28)24(30)26-20-6-5-7-21(15-20)33(31,32)27-19-9-10-19/h5-8,11,14-15,19,27H,2-4,9-10,12-13,16H2,1H3,(H,26,30). The molecule has 0 bridgehead atoms. The molecule has 2 aromatic rings. The highest BCUT2D eigenvalue weighted by atomic mass is 32.2. The van der Waals surface area contributed by atoms with Crippen LogP contribution in [0.5, 0.6) is 0 Å². The van der Waals surface area contributed by atoms with Crippen LogP contribution in [0, 0.1) is 0 Å². The van der Waals surface area contributed by atoms with Crippen molar-refractivity contribution in [2.24, 2.45) is 0 Å². The van der Waals surface area contributed by atoms with Gasteiger partial charge in [0.1, 0.15) is 0 Å². The number of fused-ring (bicyclic) bond motifs is 2. The predicted molar refractivity (Wildman–Crippen MR) is 127 cm³/mol. The number of rotatable bonds is 5. The van der Waals surface area contributed by atoms with Crippen LogP contribution >= 0.6 is 0 Å². The first kappa shape index (κ1) is 22.1. The average Bonchev–Trinajstić information content (AvgIpc) is 3.55. The van der Waals surface area contributed by atoms with Gasteiger partial charge < -0.3 is 10.2 Å². The zero-order chi connectivity index (χ0) is 23.2. The van der Waals surface area contributed by atoms with Gasteiger partial charge in [-0.25, -0.2) is 13.1 Å². The third kappa shape index (κ3) is 4.29. The van der Waals surface area contributed by atoms with Crippen molar-refractivity contribution in [2.75, 3.05) is 16.8 Å². The maximum Gasteiger partial charge on any atom is 0.255 e. The molecule has 5 rings (SSSR count). The molecule has 1 aliphatic heterocycles. The van der Waals surface area contributed by atoms with E-state index in [1.54, 1.807) is 25.1 Å². The van der Waals surface area contributed by atoms with E-state index in [1.807, 2.05) is 17.0 Å². The maximum absolute atomic E-state index is 13.1. The Morgan fingerprint density at radius 3 is 2.48 bits per heavy atom. The molecule has 1 spiro atoms. The summed E-state index contributed by atoms with van der Waals surface area (Å²) in [6, 6.07) is 11.9. The summed E-state index contributed by atoms with van der Waals surface area (Å²) in [5.41, 5.74) is 2.83. The minimum atomic E-state index is -3.60. The molecule has 0 unspecified atom stereocenters. The highest BCUT2D eigenvalue weighted by Crippen LogP contribution is 2.49. The fraction of sp³-hybridized carbons (Fsp3) is 0.440. The Hall–Kier alpha value is -2.71. The van der Waals surface area contributed by atoms with E-state index in [0.29, 0.717) is 17.8 Å². The van der Waals surface area contributed by atoms with E-state index >= 15 is 0 Å². The van der Waals surface area contributed by atoms with Crippen molar-refractivity contribution in [2.45, 2.75) is 68.2 Å². The highest BCUT2D eigenvalue weighted by Gasteiger charge is 2.44. The predicted octanol–water partition coefficient (Wildman–Crippen LogP) is 3.95. The van der Waals surface area contributed by atoms with E-state index in [4.69, 9.17) is 0 Å². The second-order valence-electron chi connectivity index (χ2n) is 9.56. The lowest BCUT2D eigenvalue weighted by Crippen LogP contribution is -2.37. The molecule has 2 N–H and O–H groups in total. The Kier molecular flexibility index (Phi) is 5.53. The molecule has 1 heterocycles. The number of carbonyl (C=O) groups excluding carboxylic acids is 2. The van der Waals surface area contributed by atoms with E-state index in [-0.39, 0.29) is 28.2 Å². The van der Waals surface area contributed by atoms with Gasteiger partial charge in [-0.2, -0.15) is 0 Å². The maximum atomic E-state index is 13.1. The molecule has 2 aliphatic carbocycles. The summed E-state index contributed by atoms with van der Waals surface area (Å²) in [6.45, 7) is 2.27. The van der Waals surface area contributed by atoms with Gasteiger partial charge in [0.05, 0.1) is 4.90 Å². The Morgan fingerprint density at radius 2 is 1.79 bits per heavy atom. The Bertz CT molecular complexity index is 1210. The van der Waals surface area contributed by atoms with Crippen molar-refractivity contribution in [3.8, 4) is 0 Å². The number of amides is 2. The molecule has 33 heavy (non-hydrogen) atoms. The first-order chi connectivity index (χ1) is 15.8. The highest BCUT2D eigenvalue weighted by molar-refractivity contribution is 7.89. The van der Waals surface area contributed by atoms with Crippen LogP contribution in [-0.4, -0.2) is 32.8 Å². The van der Waals surface area contributed by atoms with E-state index < -0.39 is 10.0 Å². The average molecular weight is 468 g/mol. The lowest BCUT2D eigenvalue weighted by atomic mass is 9.70. The van der Waals surface area contributed by atoms with Crippen molar-refractivity contribution in [3.05, 3.63) is 53.6 Å². The molecule has 0 atom stereocenters. The number of anilines is 2. The second kappa shape index (κ2) is 8.25. The molecule has 0 aromatic heterocycles. The van der Waals surface area contributed by atoms with Gasteiger partial charge in [-0.05, 0) is 67.6 Å².